The number of ether oxygens (including phenoxy) is 2. The second kappa shape index (κ2) is 9.23. The fourth-order valence-corrected chi connectivity index (χ4v) is 2.05. The minimum Gasteiger partial charge on any atom is -0.494 e. The molecule has 1 atom stereocenters. The Balaban J connectivity index is 2.34. The number of carbonyl (C=O) groups excluding carboxylic acids is 1. The van der Waals surface area contributed by atoms with E-state index in [1.54, 1.807) is 25.3 Å². The van der Waals surface area contributed by atoms with Gasteiger partial charge >= 0.3 is 0 Å². The van der Waals surface area contributed by atoms with Crippen molar-refractivity contribution in [3.05, 3.63) is 18.2 Å². The molecule has 0 radical (unpaired) electrons. The molecule has 1 unspecified atom stereocenters. The standard InChI is InChI=1S/C16H26N2O3/c1-4-5-12(2)11-21-9-8-16(19)18-14-7-6-13(17)10-15(14)20-3/h6-7,10,12H,4-5,8-9,11,17H2,1-3H3,(H,18,19). The zero-order chi connectivity index (χ0) is 15.7. The second-order valence-corrected chi connectivity index (χ2v) is 5.23. The number of nitrogens with one attached hydrogen (secondary N) is 1. The van der Waals surface area contributed by atoms with Crippen LogP contribution < -0.4 is 15.8 Å². The minimum atomic E-state index is -0.0961. The fourth-order valence-electron chi connectivity index (χ4n) is 2.05. The van der Waals surface area contributed by atoms with Gasteiger partial charge in [0.15, 0.2) is 0 Å². The Bertz CT molecular complexity index is 449. The van der Waals surface area contributed by atoms with E-state index in [-0.39, 0.29) is 5.91 Å². The first-order valence-electron chi connectivity index (χ1n) is 7.38. The van der Waals surface area contributed by atoms with Crippen LogP contribution in [0.5, 0.6) is 5.75 Å². The van der Waals surface area contributed by atoms with Crippen LogP contribution in [0.3, 0.4) is 0 Å². The van der Waals surface area contributed by atoms with Gasteiger partial charge in [-0.1, -0.05) is 20.3 Å². The van der Waals surface area contributed by atoms with E-state index >= 15 is 0 Å². The summed E-state index contributed by atoms with van der Waals surface area (Å²) in [5.41, 5.74) is 6.89. The van der Waals surface area contributed by atoms with E-state index in [1.807, 2.05) is 0 Å². The van der Waals surface area contributed by atoms with Gasteiger partial charge in [0, 0.05) is 18.4 Å². The third-order valence-corrected chi connectivity index (χ3v) is 3.16. The third kappa shape index (κ3) is 6.49. The first-order valence-corrected chi connectivity index (χ1v) is 7.38. The number of hydrogen-bond acceptors (Lipinski definition) is 4. The van der Waals surface area contributed by atoms with E-state index in [0.717, 1.165) is 12.8 Å². The van der Waals surface area contributed by atoms with E-state index in [0.29, 0.717) is 42.7 Å². The minimum absolute atomic E-state index is 0.0961. The average molecular weight is 294 g/mol. The maximum atomic E-state index is 11.9. The van der Waals surface area contributed by atoms with E-state index in [4.69, 9.17) is 15.2 Å². The average Bonchev–Trinajstić information content (AvgIpc) is 2.46. The SMILES string of the molecule is CCCC(C)COCCC(=O)Nc1ccc(N)cc1OC. The lowest BCUT2D eigenvalue weighted by atomic mass is 10.1. The molecule has 0 saturated carbocycles. The van der Waals surface area contributed by atoms with Crippen LogP contribution in [0.1, 0.15) is 33.1 Å². The number of carbonyl (C=O) groups is 1. The molecule has 0 bridgehead atoms. The van der Waals surface area contributed by atoms with Gasteiger partial charge in [-0.2, -0.15) is 0 Å². The van der Waals surface area contributed by atoms with Crippen LogP contribution >= 0.6 is 0 Å². The first kappa shape index (κ1) is 17.3. The van der Waals surface area contributed by atoms with Crippen molar-refractivity contribution in [1.29, 1.82) is 0 Å². The van der Waals surface area contributed by atoms with Gasteiger partial charge in [0.05, 0.1) is 25.8 Å². The van der Waals surface area contributed by atoms with Gasteiger partial charge in [0.1, 0.15) is 5.75 Å². The molecule has 21 heavy (non-hydrogen) atoms. The van der Waals surface area contributed by atoms with Crippen molar-refractivity contribution >= 4 is 17.3 Å². The number of anilines is 2. The van der Waals surface area contributed by atoms with Gasteiger partial charge in [-0.3, -0.25) is 4.79 Å². The van der Waals surface area contributed by atoms with Crippen molar-refractivity contribution in [2.45, 2.75) is 33.1 Å². The molecule has 0 spiro atoms. The maximum Gasteiger partial charge on any atom is 0.226 e. The second-order valence-electron chi connectivity index (χ2n) is 5.23. The van der Waals surface area contributed by atoms with Crippen molar-refractivity contribution < 1.29 is 14.3 Å². The molecule has 118 valence electrons. The highest BCUT2D eigenvalue weighted by Crippen LogP contribution is 2.26. The lowest BCUT2D eigenvalue weighted by Crippen LogP contribution is -2.16. The first-order chi connectivity index (χ1) is 10.1. The van der Waals surface area contributed by atoms with Crippen LogP contribution in [0.4, 0.5) is 11.4 Å². The number of nitrogens with two attached hydrogens (primary N) is 1. The molecule has 0 aliphatic heterocycles. The van der Waals surface area contributed by atoms with E-state index < -0.39 is 0 Å². The van der Waals surface area contributed by atoms with E-state index in [9.17, 15) is 4.79 Å². The lowest BCUT2D eigenvalue weighted by molar-refractivity contribution is -0.117. The number of nitrogen functional groups attached to an aromatic ring is 1. The predicted octanol–water partition coefficient (Wildman–Crippen LogP) is 3.06. The van der Waals surface area contributed by atoms with Crippen LogP contribution in [-0.2, 0) is 9.53 Å². The molecule has 0 aliphatic rings. The van der Waals surface area contributed by atoms with Crippen LogP contribution in [-0.4, -0.2) is 26.2 Å². The zero-order valence-corrected chi connectivity index (χ0v) is 13.1. The molecule has 0 aromatic heterocycles. The Morgan fingerprint density at radius 2 is 2.19 bits per heavy atom. The van der Waals surface area contributed by atoms with Gasteiger partial charge < -0.3 is 20.5 Å². The van der Waals surface area contributed by atoms with E-state index in [2.05, 4.69) is 19.2 Å². The summed E-state index contributed by atoms with van der Waals surface area (Å²) in [6.07, 6.45) is 2.63. The molecule has 1 aromatic rings. The highest BCUT2D eigenvalue weighted by atomic mass is 16.5. The summed E-state index contributed by atoms with van der Waals surface area (Å²) < 4.78 is 10.7. The van der Waals surface area contributed by atoms with Crippen LogP contribution in [0.2, 0.25) is 0 Å². The number of hydrogen-bond donors (Lipinski definition) is 2. The van der Waals surface area contributed by atoms with Crippen molar-refractivity contribution in [3.8, 4) is 5.75 Å². The largest absolute Gasteiger partial charge is 0.494 e. The Labute approximate surface area is 126 Å². The monoisotopic (exact) mass is 294 g/mol. The number of methoxy groups -OCH3 is 1. The Morgan fingerprint density at radius 1 is 1.43 bits per heavy atom. The van der Waals surface area contributed by atoms with Crippen LogP contribution in [0.15, 0.2) is 18.2 Å². The van der Waals surface area contributed by atoms with Gasteiger partial charge in [-0.15, -0.1) is 0 Å². The summed E-state index contributed by atoms with van der Waals surface area (Å²) in [6.45, 7) is 5.44. The normalized spacial score (nSPS) is 12.0. The molecule has 1 aromatic carbocycles. The summed E-state index contributed by atoms with van der Waals surface area (Å²) in [6, 6.07) is 5.13. The number of amides is 1. The number of rotatable bonds is 9. The molecule has 1 rings (SSSR count). The molecule has 0 heterocycles. The lowest BCUT2D eigenvalue weighted by Gasteiger charge is -2.12. The molecule has 0 aliphatic carbocycles. The van der Waals surface area contributed by atoms with Crippen molar-refractivity contribution in [2.75, 3.05) is 31.4 Å². The summed E-state index contributed by atoms with van der Waals surface area (Å²) in [5.74, 6) is 0.998. The van der Waals surface area contributed by atoms with Gasteiger partial charge in [-0.05, 0) is 24.5 Å². The third-order valence-electron chi connectivity index (χ3n) is 3.16. The Hall–Kier alpha value is -1.75. The Morgan fingerprint density at radius 3 is 2.86 bits per heavy atom. The maximum absolute atomic E-state index is 11.9. The van der Waals surface area contributed by atoms with Gasteiger partial charge in [-0.25, -0.2) is 0 Å². The molecular formula is C16H26N2O3. The summed E-state index contributed by atoms with van der Waals surface area (Å²) in [4.78, 5) is 11.9. The zero-order valence-electron chi connectivity index (χ0n) is 13.1. The topological polar surface area (TPSA) is 73.6 Å². The molecular weight excluding hydrogens is 268 g/mol. The molecule has 0 fully saturated rings. The summed E-state index contributed by atoms with van der Waals surface area (Å²) in [5, 5.41) is 2.80. The van der Waals surface area contributed by atoms with Crippen molar-refractivity contribution in [2.24, 2.45) is 5.92 Å². The van der Waals surface area contributed by atoms with Gasteiger partial charge in [0.2, 0.25) is 5.91 Å². The highest BCUT2D eigenvalue weighted by Gasteiger charge is 2.08. The molecule has 1 amide bonds. The fraction of sp³-hybridized carbons (Fsp3) is 0.562. The molecule has 5 nitrogen and oxygen atoms in total. The predicted molar refractivity (Wildman–Crippen MR) is 85.5 cm³/mol. The molecule has 0 saturated heterocycles. The summed E-state index contributed by atoms with van der Waals surface area (Å²) in [7, 11) is 1.54. The van der Waals surface area contributed by atoms with Crippen LogP contribution in [0, 0.1) is 5.92 Å². The Kier molecular flexibility index (Phi) is 7.61. The van der Waals surface area contributed by atoms with Crippen molar-refractivity contribution in [3.63, 3.8) is 0 Å². The summed E-state index contributed by atoms with van der Waals surface area (Å²) >= 11 is 0. The number of benzene rings is 1. The van der Waals surface area contributed by atoms with E-state index in [1.165, 1.54) is 0 Å². The highest BCUT2D eigenvalue weighted by molar-refractivity contribution is 5.92. The molecule has 5 heteroatoms. The van der Waals surface area contributed by atoms with Crippen molar-refractivity contribution in [1.82, 2.24) is 0 Å². The molecule has 3 N–H and O–H groups in total. The smallest absolute Gasteiger partial charge is 0.226 e. The van der Waals surface area contributed by atoms with Gasteiger partial charge in [0.25, 0.3) is 0 Å². The quantitative estimate of drug-likeness (QED) is 0.542. The van der Waals surface area contributed by atoms with Crippen LogP contribution in [0.25, 0.3) is 0 Å².